The zero-order chi connectivity index (χ0) is 13.2. The van der Waals surface area contributed by atoms with E-state index >= 15 is 0 Å². The second-order valence-electron chi connectivity index (χ2n) is 4.12. The maximum absolute atomic E-state index is 11.0. The molecule has 0 aliphatic carbocycles. The van der Waals surface area contributed by atoms with Crippen molar-refractivity contribution < 1.29 is 4.79 Å². The van der Waals surface area contributed by atoms with Crippen LogP contribution in [0.5, 0.6) is 0 Å². The molecule has 0 atom stereocenters. The van der Waals surface area contributed by atoms with Crippen molar-refractivity contribution in [2.75, 3.05) is 5.32 Å². The fourth-order valence-electron chi connectivity index (χ4n) is 1.81. The Morgan fingerprint density at radius 2 is 2.16 bits per heavy atom. The summed E-state index contributed by atoms with van der Waals surface area (Å²) < 4.78 is 2.00. The first kappa shape index (κ1) is 11.7. The minimum absolute atomic E-state index is 0.416. The van der Waals surface area contributed by atoms with Crippen LogP contribution in [0.3, 0.4) is 0 Å². The third-order valence-corrected chi connectivity index (χ3v) is 3.56. The summed E-state index contributed by atoms with van der Waals surface area (Å²) in [6.45, 7) is 0.643. The van der Waals surface area contributed by atoms with Gasteiger partial charge in [-0.25, -0.2) is 4.98 Å². The van der Waals surface area contributed by atoms with Crippen LogP contribution in [0.15, 0.2) is 42.0 Å². The molecule has 0 spiro atoms. The molecule has 6 heteroatoms. The first-order chi connectivity index (χ1) is 9.22. The van der Waals surface area contributed by atoms with Crippen molar-refractivity contribution in [1.82, 2.24) is 9.38 Å². The molecule has 5 nitrogen and oxygen atoms in total. The minimum atomic E-state index is -0.416. The monoisotopic (exact) mass is 272 g/mol. The maximum Gasteiger partial charge on any atom is 0.248 e. The van der Waals surface area contributed by atoms with E-state index in [1.165, 1.54) is 0 Å². The van der Waals surface area contributed by atoms with Crippen molar-refractivity contribution in [2.45, 2.75) is 6.54 Å². The van der Waals surface area contributed by atoms with E-state index in [1.807, 2.05) is 34.3 Å². The Kier molecular flexibility index (Phi) is 2.92. The normalized spacial score (nSPS) is 10.7. The highest BCUT2D eigenvalue weighted by atomic mass is 32.1. The fraction of sp³-hybridized carbons (Fsp3) is 0.0769. The number of nitrogens with zero attached hydrogens (tertiary/aromatic N) is 2. The molecule has 0 bridgehead atoms. The van der Waals surface area contributed by atoms with E-state index in [0.29, 0.717) is 12.1 Å². The molecule has 1 amide bonds. The number of carbonyl (C=O) groups excluding carboxylic acids is 1. The Balaban J connectivity index is 1.68. The highest BCUT2D eigenvalue weighted by Crippen LogP contribution is 2.14. The Hall–Kier alpha value is -2.34. The fourth-order valence-corrected chi connectivity index (χ4v) is 2.53. The van der Waals surface area contributed by atoms with E-state index in [9.17, 15) is 4.79 Å². The van der Waals surface area contributed by atoms with E-state index in [-0.39, 0.29) is 0 Å². The molecule has 0 unspecified atom stereocenters. The number of hydrogen-bond donors (Lipinski definition) is 2. The van der Waals surface area contributed by atoms with E-state index in [0.717, 1.165) is 16.3 Å². The number of anilines is 1. The van der Waals surface area contributed by atoms with E-state index in [1.54, 1.807) is 23.5 Å². The predicted molar refractivity (Wildman–Crippen MR) is 75.4 cm³/mol. The molecule has 1 aromatic carbocycles. The number of fused-ring (bicyclic) bond motifs is 1. The molecule has 0 radical (unpaired) electrons. The lowest BCUT2D eigenvalue weighted by atomic mass is 10.2. The van der Waals surface area contributed by atoms with Crippen molar-refractivity contribution in [3.05, 3.63) is 53.3 Å². The van der Waals surface area contributed by atoms with E-state index < -0.39 is 5.91 Å². The summed E-state index contributed by atoms with van der Waals surface area (Å²) in [5.41, 5.74) is 7.61. The van der Waals surface area contributed by atoms with Crippen molar-refractivity contribution in [2.24, 2.45) is 5.73 Å². The van der Waals surface area contributed by atoms with Gasteiger partial charge in [-0.15, -0.1) is 11.3 Å². The van der Waals surface area contributed by atoms with Gasteiger partial charge >= 0.3 is 0 Å². The number of hydrogen-bond acceptors (Lipinski definition) is 4. The summed E-state index contributed by atoms with van der Waals surface area (Å²) in [7, 11) is 0. The molecule has 0 aliphatic heterocycles. The number of benzene rings is 1. The highest BCUT2D eigenvalue weighted by molar-refractivity contribution is 7.15. The minimum Gasteiger partial charge on any atom is -0.379 e. The van der Waals surface area contributed by atoms with Crippen LogP contribution < -0.4 is 11.1 Å². The molecule has 0 fully saturated rings. The second kappa shape index (κ2) is 4.74. The molecule has 19 heavy (non-hydrogen) atoms. The molecule has 3 N–H and O–H groups in total. The number of primary amides is 1. The molecule has 0 aliphatic rings. The average molecular weight is 272 g/mol. The lowest BCUT2D eigenvalue weighted by Crippen LogP contribution is -2.10. The number of aromatic nitrogens is 2. The summed E-state index contributed by atoms with van der Waals surface area (Å²) in [5, 5.41) is 5.26. The van der Waals surface area contributed by atoms with Gasteiger partial charge in [0.1, 0.15) is 0 Å². The van der Waals surface area contributed by atoms with Crippen LogP contribution in [0.2, 0.25) is 0 Å². The van der Waals surface area contributed by atoms with Crippen LogP contribution in [-0.2, 0) is 6.54 Å². The van der Waals surface area contributed by atoms with Gasteiger partial charge in [0.15, 0.2) is 4.96 Å². The molecule has 3 rings (SSSR count). The lowest BCUT2D eigenvalue weighted by Gasteiger charge is -2.04. The molecular formula is C13H12N4OS. The molecule has 0 saturated carbocycles. The lowest BCUT2D eigenvalue weighted by molar-refractivity contribution is 0.100. The van der Waals surface area contributed by atoms with Crippen molar-refractivity contribution >= 4 is 27.9 Å². The SMILES string of the molecule is NC(=O)c1ccc(NCc2cn3ccsc3n2)cc1. The van der Waals surface area contributed by atoms with Crippen LogP contribution in [-0.4, -0.2) is 15.3 Å². The first-order valence-electron chi connectivity index (χ1n) is 5.77. The average Bonchev–Trinajstić information content (AvgIpc) is 2.97. The number of imidazole rings is 1. The quantitative estimate of drug-likeness (QED) is 0.764. The molecule has 3 aromatic rings. The number of carbonyl (C=O) groups is 1. The standard InChI is InChI=1S/C13H12N4OS/c14-12(18)9-1-3-10(4-2-9)15-7-11-8-17-5-6-19-13(17)16-11/h1-6,8,15H,7H2,(H2,14,18). The van der Waals surface area contributed by atoms with E-state index in [4.69, 9.17) is 5.73 Å². The molecule has 0 saturated heterocycles. The van der Waals surface area contributed by atoms with Crippen LogP contribution in [0.25, 0.3) is 4.96 Å². The van der Waals surface area contributed by atoms with Gasteiger partial charge in [0.05, 0.1) is 12.2 Å². The van der Waals surface area contributed by atoms with Gasteiger partial charge in [-0.1, -0.05) is 0 Å². The van der Waals surface area contributed by atoms with Crippen molar-refractivity contribution in [1.29, 1.82) is 0 Å². The third-order valence-electron chi connectivity index (χ3n) is 2.79. The number of rotatable bonds is 4. The summed E-state index contributed by atoms with van der Waals surface area (Å²) in [6, 6.07) is 7.07. The number of nitrogens with one attached hydrogen (secondary N) is 1. The van der Waals surface area contributed by atoms with Crippen LogP contribution in [0, 0.1) is 0 Å². The van der Waals surface area contributed by atoms with Gasteiger partial charge in [0.25, 0.3) is 0 Å². The van der Waals surface area contributed by atoms with Crippen molar-refractivity contribution in [3.63, 3.8) is 0 Å². The van der Waals surface area contributed by atoms with E-state index in [2.05, 4.69) is 10.3 Å². The molecular weight excluding hydrogens is 260 g/mol. The zero-order valence-electron chi connectivity index (χ0n) is 10.0. The smallest absolute Gasteiger partial charge is 0.248 e. The Morgan fingerprint density at radius 3 is 2.84 bits per heavy atom. The summed E-state index contributed by atoms with van der Waals surface area (Å²) in [4.78, 5) is 16.4. The number of nitrogens with two attached hydrogens (primary N) is 1. The van der Waals surface area contributed by atoms with Gasteiger partial charge in [-0.05, 0) is 24.3 Å². The van der Waals surface area contributed by atoms with Crippen molar-refractivity contribution in [3.8, 4) is 0 Å². The van der Waals surface area contributed by atoms with Gasteiger partial charge in [0, 0.05) is 29.0 Å². The second-order valence-corrected chi connectivity index (χ2v) is 4.99. The Bertz CT molecular complexity index is 685. The maximum atomic E-state index is 11.0. The van der Waals surface area contributed by atoms with Crippen LogP contribution in [0.1, 0.15) is 16.1 Å². The molecule has 2 aromatic heterocycles. The number of thiazole rings is 1. The third kappa shape index (κ3) is 2.43. The summed E-state index contributed by atoms with van der Waals surface area (Å²) >= 11 is 1.61. The van der Waals surface area contributed by atoms with Gasteiger partial charge < -0.3 is 11.1 Å². The Labute approximate surface area is 113 Å². The van der Waals surface area contributed by atoms with Gasteiger partial charge in [0.2, 0.25) is 5.91 Å². The van der Waals surface area contributed by atoms with Crippen LogP contribution in [0.4, 0.5) is 5.69 Å². The molecule has 2 heterocycles. The number of amides is 1. The summed E-state index contributed by atoms with van der Waals surface area (Å²) in [5.74, 6) is -0.416. The van der Waals surface area contributed by atoms with Crippen LogP contribution >= 0.6 is 11.3 Å². The summed E-state index contributed by atoms with van der Waals surface area (Å²) in [6.07, 6.45) is 3.98. The topological polar surface area (TPSA) is 72.4 Å². The zero-order valence-corrected chi connectivity index (χ0v) is 10.9. The molecule has 96 valence electrons. The largest absolute Gasteiger partial charge is 0.379 e. The van der Waals surface area contributed by atoms with Gasteiger partial charge in [-0.2, -0.15) is 0 Å². The Morgan fingerprint density at radius 1 is 1.37 bits per heavy atom. The van der Waals surface area contributed by atoms with Gasteiger partial charge in [-0.3, -0.25) is 9.20 Å². The first-order valence-corrected chi connectivity index (χ1v) is 6.65. The highest BCUT2D eigenvalue weighted by Gasteiger charge is 2.03. The predicted octanol–water partition coefficient (Wildman–Crippen LogP) is 2.11.